The fourth-order valence-corrected chi connectivity index (χ4v) is 3.82. The topological polar surface area (TPSA) is 56.8 Å². The molecular weight excluding hydrogens is 330 g/mol. The smallest absolute Gasteiger partial charge is 0.220 e. The summed E-state index contributed by atoms with van der Waals surface area (Å²) in [5.74, 6) is 2.30. The summed E-state index contributed by atoms with van der Waals surface area (Å²) in [5.41, 5.74) is 1.01. The number of amides is 1. The molecule has 1 saturated heterocycles. The van der Waals surface area contributed by atoms with Crippen LogP contribution in [0.4, 0.5) is 0 Å². The summed E-state index contributed by atoms with van der Waals surface area (Å²) in [7, 11) is 1.64. The molecule has 1 aliphatic heterocycles. The van der Waals surface area contributed by atoms with Crippen LogP contribution in [0.3, 0.4) is 0 Å². The van der Waals surface area contributed by atoms with E-state index in [4.69, 9.17) is 14.2 Å². The van der Waals surface area contributed by atoms with Crippen molar-refractivity contribution >= 4 is 5.91 Å². The molecule has 0 aromatic heterocycles. The average Bonchev–Trinajstić information content (AvgIpc) is 3.37. The zero-order valence-corrected chi connectivity index (χ0v) is 15.8. The van der Waals surface area contributed by atoms with Gasteiger partial charge in [-0.15, -0.1) is 0 Å². The number of carbonyl (C=O) groups excluding carboxylic acids is 1. The van der Waals surface area contributed by atoms with Gasteiger partial charge >= 0.3 is 0 Å². The van der Waals surface area contributed by atoms with E-state index in [1.807, 2.05) is 18.2 Å². The molecule has 0 radical (unpaired) electrons. The van der Waals surface area contributed by atoms with Crippen molar-refractivity contribution < 1.29 is 19.0 Å². The minimum absolute atomic E-state index is 0.134. The quantitative estimate of drug-likeness (QED) is 0.726. The number of ether oxygens (including phenoxy) is 3. The van der Waals surface area contributed by atoms with Crippen LogP contribution < -0.4 is 14.8 Å². The molecule has 3 rings (SSSR count). The van der Waals surface area contributed by atoms with E-state index in [2.05, 4.69) is 5.32 Å². The molecule has 26 heavy (non-hydrogen) atoms. The Morgan fingerprint density at radius 2 is 2.04 bits per heavy atom. The molecule has 2 aliphatic rings. The van der Waals surface area contributed by atoms with E-state index in [-0.39, 0.29) is 12.0 Å². The Morgan fingerprint density at radius 3 is 2.77 bits per heavy atom. The number of carbonyl (C=O) groups is 1. The van der Waals surface area contributed by atoms with Gasteiger partial charge in [-0.05, 0) is 42.9 Å². The van der Waals surface area contributed by atoms with E-state index in [9.17, 15) is 4.79 Å². The fraction of sp³-hybridized carbons (Fsp3) is 0.667. The van der Waals surface area contributed by atoms with Crippen molar-refractivity contribution in [3.63, 3.8) is 0 Å². The molecular formula is C21H31NO4. The van der Waals surface area contributed by atoms with Crippen molar-refractivity contribution in [1.29, 1.82) is 0 Å². The molecule has 5 nitrogen and oxygen atoms in total. The predicted molar refractivity (Wildman–Crippen MR) is 101 cm³/mol. The van der Waals surface area contributed by atoms with E-state index in [0.29, 0.717) is 25.3 Å². The van der Waals surface area contributed by atoms with Gasteiger partial charge in [-0.25, -0.2) is 0 Å². The predicted octanol–water partition coefficient (Wildman–Crippen LogP) is 3.84. The second-order valence-corrected chi connectivity index (χ2v) is 7.40. The maximum Gasteiger partial charge on any atom is 0.220 e. The van der Waals surface area contributed by atoms with Crippen molar-refractivity contribution in [3.8, 4) is 11.5 Å². The van der Waals surface area contributed by atoms with Crippen molar-refractivity contribution in [3.05, 3.63) is 23.8 Å². The zero-order valence-electron chi connectivity index (χ0n) is 15.8. The van der Waals surface area contributed by atoms with Crippen molar-refractivity contribution in [2.75, 3.05) is 20.3 Å². The molecule has 1 aromatic rings. The summed E-state index contributed by atoms with van der Waals surface area (Å²) < 4.78 is 16.9. The van der Waals surface area contributed by atoms with Gasteiger partial charge in [0.05, 0.1) is 13.2 Å². The highest BCUT2D eigenvalue weighted by Gasteiger charge is 2.18. The van der Waals surface area contributed by atoms with E-state index < -0.39 is 0 Å². The fourth-order valence-electron chi connectivity index (χ4n) is 3.82. The lowest BCUT2D eigenvalue weighted by atomic mass is 10.0. The molecule has 1 amide bonds. The van der Waals surface area contributed by atoms with Gasteiger partial charge in [0.1, 0.15) is 6.61 Å². The van der Waals surface area contributed by atoms with Crippen LogP contribution in [0.2, 0.25) is 0 Å². The number of methoxy groups -OCH3 is 1. The van der Waals surface area contributed by atoms with Crippen molar-refractivity contribution in [2.24, 2.45) is 5.92 Å². The van der Waals surface area contributed by atoms with Crippen LogP contribution >= 0.6 is 0 Å². The molecule has 2 fully saturated rings. The Balaban J connectivity index is 1.44. The summed E-state index contributed by atoms with van der Waals surface area (Å²) in [4.78, 5) is 12.1. The second-order valence-electron chi connectivity index (χ2n) is 7.40. The summed E-state index contributed by atoms with van der Waals surface area (Å²) >= 11 is 0. The van der Waals surface area contributed by atoms with Gasteiger partial charge in [-0.3, -0.25) is 4.79 Å². The van der Waals surface area contributed by atoms with Crippen LogP contribution in [0.5, 0.6) is 11.5 Å². The highest BCUT2D eigenvalue weighted by molar-refractivity contribution is 5.75. The molecule has 5 heteroatoms. The molecule has 0 unspecified atom stereocenters. The lowest BCUT2D eigenvalue weighted by molar-refractivity contribution is -0.121. The molecule has 1 heterocycles. The van der Waals surface area contributed by atoms with Crippen LogP contribution in [0.1, 0.15) is 56.9 Å². The SMILES string of the molecule is COc1cc(CNC(=O)CCC2CCCC2)ccc1OC[C@@H]1CCCO1. The van der Waals surface area contributed by atoms with E-state index >= 15 is 0 Å². The highest BCUT2D eigenvalue weighted by atomic mass is 16.5. The number of benzene rings is 1. The summed E-state index contributed by atoms with van der Waals surface area (Å²) in [6.45, 7) is 1.89. The molecule has 144 valence electrons. The number of rotatable bonds is 9. The van der Waals surface area contributed by atoms with Gasteiger partial charge in [0.2, 0.25) is 5.91 Å². The zero-order chi connectivity index (χ0) is 18.2. The van der Waals surface area contributed by atoms with E-state index in [1.54, 1.807) is 7.11 Å². The standard InChI is InChI=1S/C21H31NO4/c1-24-20-13-17(8-10-19(20)26-15-18-7-4-12-25-18)14-22-21(23)11-9-16-5-2-3-6-16/h8,10,13,16,18H,2-7,9,11-12,14-15H2,1H3,(H,22,23)/t18-/m0/s1. The summed E-state index contributed by atoms with van der Waals surface area (Å²) in [6, 6.07) is 5.82. The molecule has 1 aliphatic carbocycles. The molecule has 0 spiro atoms. The monoisotopic (exact) mass is 361 g/mol. The van der Waals surface area contributed by atoms with Crippen LogP contribution in [0.25, 0.3) is 0 Å². The Bertz CT molecular complexity index is 577. The first-order chi connectivity index (χ1) is 12.7. The lowest BCUT2D eigenvalue weighted by Crippen LogP contribution is -2.23. The minimum Gasteiger partial charge on any atom is -0.493 e. The van der Waals surface area contributed by atoms with Crippen LogP contribution in [0, 0.1) is 5.92 Å². The first-order valence-corrected chi connectivity index (χ1v) is 9.92. The first kappa shape index (κ1) is 19.0. The van der Waals surface area contributed by atoms with Gasteiger partial charge in [0.25, 0.3) is 0 Å². The third-order valence-electron chi connectivity index (χ3n) is 5.42. The first-order valence-electron chi connectivity index (χ1n) is 9.92. The largest absolute Gasteiger partial charge is 0.493 e. The molecule has 1 saturated carbocycles. The Morgan fingerprint density at radius 1 is 1.19 bits per heavy atom. The van der Waals surface area contributed by atoms with Gasteiger partial charge in [-0.2, -0.15) is 0 Å². The normalized spacial score (nSPS) is 20.3. The van der Waals surface area contributed by atoms with E-state index in [1.165, 1.54) is 25.7 Å². The summed E-state index contributed by atoms with van der Waals surface area (Å²) in [5, 5.41) is 3.02. The molecule has 1 atom stereocenters. The third kappa shape index (κ3) is 5.63. The Kier molecular flexibility index (Phi) is 7.18. The Labute approximate surface area is 156 Å². The number of nitrogens with one attached hydrogen (secondary N) is 1. The minimum atomic E-state index is 0.134. The van der Waals surface area contributed by atoms with Gasteiger partial charge in [0.15, 0.2) is 11.5 Å². The maximum absolute atomic E-state index is 12.1. The average molecular weight is 361 g/mol. The lowest BCUT2D eigenvalue weighted by Gasteiger charge is -2.15. The van der Waals surface area contributed by atoms with Crippen molar-refractivity contribution in [2.45, 2.75) is 64.0 Å². The van der Waals surface area contributed by atoms with Crippen LogP contribution in [-0.4, -0.2) is 32.3 Å². The Hall–Kier alpha value is -1.75. The molecule has 1 N–H and O–H groups in total. The van der Waals surface area contributed by atoms with Crippen molar-refractivity contribution in [1.82, 2.24) is 5.32 Å². The van der Waals surface area contributed by atoms with Crippen LogP contribution in [-0.2, 0) is 16.1 Å². The molecule has 0 bridgehead atoms. The third-order valence-corrected chi connectivity index (χ3v) is 5.42. The van der Waals surface area contributed by atoms with Gasteiger partial charge < -0.3 is 19.5 Å². The highest BCUT2D eigenvalue weighted by Crippen LogP contribution is 2.30. The molecule has 1 aromatic carbocycles. The number of hydrogen-bond donors (Lipinski definition) is 1. The summed E-state index contributed by atoms with van der Waals surface area (Å²) in [6.07, 6.45) is 9.21. The van der Waals surface area contributed by atoms with Gasteiger partial charge in [0, 0.05) is 19.6 Å². The number of hydrogen-bond acceptors (Lipinski definition) is 4. The van der Waals surface area contributed by atoms with E-state index in [0.717, 1.165) is 43.1 Å². The second kappa shape index (κ2) is 9.81. The van der Waals surface area contributed by atoms with Gasteiger partial charge in [-0.1, -0.05) is 31.7 Å². The maximum atomic E-state index is 12.1. The van der Waals surface area contributed by atoms with Crippen LogP contribution in [0.15, 0.2) is 18.2 Å².